The molecule has 21 heavy (non-hydrogen) atoms. The Labute approximate surface area is 135 Å². The number of hydrogen-bond acceptors (Lipinski definition) is 5. The Morgan fingerprint density at radius 2 is 1.86 bits per heavy atom. The Bertz CT molecular complexity index is 479. The van der Waals surface area contributed by atoms with Gasteiger partial charge in [-0.3, -0.25) is 4.18 Å². The lowest BCUT2D eigenvalue weighted by atomic mass is 10.0. The van der Waals surface area contributed by atoms with Crippen molar-refractivity contribution in [3.8, 4) is 0 Å². The van der Waals surface area contributed by atoms with Gasteiger partial charge < -0.3 is 10.1 Å². The molecule has 0 aromatic rings. The third-order valence-electron chi connectivity index (χ3n) is 2.17. The molecule has 6 nitrogen and oxygen atoms in total. The first kappa shape index (κ1) is 20.4. The highest BCUT2D eigenvalue weighted by molar-refractivity contribution is 9.11. The van der Waals surface area contributed by atoms with Gasteiger partial charge in [-0.1, -0.05) is 29.8 Å². The minimum atomic E-state index is -3.51. The van der Waals surface area contributed by atoms with Crippen LogP contribution in [0.3, 0.4) is 0 Å². The van der Waals surface area contributed by atoms with Crippen molar-refractivity contribution in [2.24, 2.45) is 5.92 Å². The van der Waals surface area contributed by atoms with E-state index in [1.54, 1.807) is 26.8 Å². The molecular formula is C13H24BrNO5S. The number of nitrogens with one attached hydrogen (secondary N) is 1. The average molecular weight is 386 g/mol. The molecule has 0 rings (SSSR count). The Kier molecular flexibility index (Phi) is 7.91. The summed E-state index contributed by atoms with van der Waals surface area (Å²) in [5, 5.41) is 2.73. The van der Waals surface area contributed by atoms with Gasteiger partial charge >= 0.3 is 6.09 Å². The van der Waals surface area contributed by atoms with Crippen molar-refractivity contribution in [3.63, 3.8) is 0 Å². The van der Waals surface area contributed by atoms with E-state index in [2.05, 4.69) is 25.4 Å². The Hall–Kier alpha value is -0.600. The van der Waals surface area contributed by atoms with Gasteiger partial charge in [-0.2, -0.15) is 8.42 Å². The number of rotatable bonds is 6. The molecular weight excluding hydrogens is 362 g/mol. The maximum absolute atomic E-state index is 11.8. The summed E-state index contributed by atoms with van der Waals surface area (Å²) < 4.78 is 32.3. The van der Waals surface area contributed by atoms with Crippen LogP contribution in [0.4, 0.5) is 4.79 Å². The zero-order valence-electron chi connectivity index (χ0n) is 13.3. The third kappa shape index (κ3) is 11.7. The number of carbonyl (C=O) groups excluding carboxylic acids is 1. The van der Waals surface area contributed by atoms with Crippen molar-refractivity contribution >= 4 is 32.1 Å². The van der Waals surface area contributed by atoms with E-state index in [-0.39, 0.29) is 18.6 Å². The van der Waals surface area contributed by atoms with Crippen LogP contribution in [0.25, 0.3) is 0 Å². The summed E-state index contributed by atoms with van der Waals surface area (Å²) in [6.45, 7) is 9.08. The van der Waals surface area contributed by atoms with Gasteiger partial charge in [0.15, 0.2) is 0 Å². The monoisotopic (exact) mass is 385 g/mol. The molecule has 1 atom stereocenters. The number of ether oxygens (including phenoxy) is 1. The lowest BCUT2D eigenvalue weighted by Gasteiger charge is -2.24. The number of amides is 1. The first-order valence-electron chi connectivity index (χ1n) is 6.50. The smallest absolute Gasteiger partial charge is 0.408 e. The fourth-order valence-corrected chi connectivity index (χ4v) is 2.14. The molecule has 0 aromatic heterocycles. The lowest BCUT2D eigenvalue weighted by molar-refractivity contribution is 0.0503. The molecule has 1 amide bonds. The standard InChI is InChI=1S/C13H24BrNO5S/c1-9(2)11(15-12(16)20-13(3,4)5)7-10(14)8-19-21(6,17)18/h7,9,11H,8H2,1-6H3,(H,15,16)/b10-7+/t11-/m1/s1. The number of halogens is 1. The molecule has 8 heteroatoms. The Balaban J connectivity index is 4.72. The molecule has 0 aliphatic carbocycles. The normalized spacial score (nSPS) is 15.0. The maximum atomic E-state index is 11.8. The molecule has 0 radical (unpaired) electrons. The van der Waals surface area contributed by atoms with E-state index in [0.29, 0.717) is 4.48 Å². The molecule has 124 valence electrons. The summed E-state index contributed by atoms with van der Waals surface area (Å²) in [6, 6.07) is -0.308. The van der Waals surface area contributed by atoms with E-state index in [1.807, 2.05) is 13.8 Å². The van der Waals surface area contributed by atoms with Crippen LogP contribution >= 0.6 is 15.9 Å². The summed E-state index contributed by atoms with van der Waals surface area (Å²) in [4.78, 5) is 11.8. The van der Waals surface area contributed by atoms with E-state index in [0.717, 1.165) is 6.26 Å². The van der Waals surface area contributed by atoms with Crippen molar-refractivity contribution in [3.05, 3.63) is 10.6 Å². The minimum absolute atomic E-state index is 0.100. The lowest BCUT2D eigenvalue weighted by Crippen LogP contribution is -2.40. The highest BCUT2D eigenvalue weighted by Gasteiger charge is 2.20. The summed E-state index contributed by atoms with van der Waals surface area (Å²) >= 11 is 3.23. The van der Waals surface area contributed by atoms with Crippen molar-refractivity contribution in [1.82, 2.24) is 5.32 Å². The van der Waals surface area contributed by atoms with Crippen LogP contribution in [0.1, 0.15) is 34.6 Å². The van der Waals surface area contributed by atoms with Crippen molar-refractivity contribution in [2.75, 3.05) is 12.9 Å². The van der Waals surface area contributed by atoms with Gasteiger partial charge in [-0.15, -0.1) is 0 Å². The van der Waals surface area contributed by atoms with Gasteiger partial charge in [0.2, 0.25) is 0 Å². The first-order valence-corrected chi connectivity index (χ1v) is 9.11. The third-order valence-corrected chi connectivity index (χ3v) is 3.21. The largest absolute Gasteiger partial charge is 0.444 e. The number of hydrogen-bond donors (Lipinski definition) is 1. The molecule has 0 unspecified atom stereocenters. The molecule has 0 aliphatic heterocycles. The van der Waals surface area contributed by atoms with E-state index in [1.165, 1.54) is 0 Å². The van der Waals surface area contributed by atoms with Crippen LogP contribution in [-0.4, -0.2) is 39.0 Å². The molecule has 0 bridgehead atoms. The fraction of sp³-hybridized carbons (Fsp3) is 0.769. The molecule has 1 N–H and O–H groups in total. The van der Waals surface area contributed by atoms with Crippen LogP contribution in [0, 0.1) is 5.92 Å². The molecule has 0 saturated heterocycles. The zero-order chi connectivity index (χ0) is 16.8. The molecule has 0 heterocycles. The Morgan fingerprint density at radius 1 is 1.33 bits per heavy atom. The minimum Gasteiger partial charge on any atom is -0.444 e. The van der Waals surface area contributed by atoms with Gasteiger partial charge in [0.05, 0.1) is 18.9 Å². The van der Waals surface area contributed by atoms with Crippen molar-refractivity contribution < 1.29 is 22.1 Å². The second-order valence-corrected chi connectivity index (χ2v) is 8.66. The summed E-state index contributed by atoms with van der Waals surface area (Å²) in [6.07, 6.45) is 2.15. The van der Waals surface area contributed by atoms with Crippen molar-refractivity contribution in [2.45, 2.75) is 46.3 Å². The predicted octanol–water partition coefficient (Wildman–Crippen LogP) is 2.79. The molecule has 0 aliphatic rings. The molecule has 0 saturated carbocycles. The van der Waals surface area contributed by atoms with Crippen LogP contribution in [0.15, 0.2) is 10.6 Å². The van der Waals surface area contributed by atoms with Crippen LogP contribution in [0.5, 0.6) is 0 Å². The summed E-state index contributed by atoms with van der Waals surface area (Å²) in [7, 11) is -3.51. The molecule has 0 fully saturated rings. The highest BCUT2D eigenvalue weighted by atomic mass is 79.9. The van der Waals surface area contributed by atoms with E-state index >= 15 is 0 Å². The van der Waals surface area contributed by atoms with Crippen LogP contribution in [-0.2, 0) is 19.0 Å². The van der Waals surface area contributed by atoms with Gasteiger partial charge in [0.25, 0.3) is 10.1 Å². The number of carbonyl (C=O) groups is 1. The SMILES string of the molecule is CC(C)[C@@H](/C=C(/Br)COS(C)(=O)=O)NC(=O)OC(C)(C)C. The second-order valence-electron chi connectivity index (χ2n) is 6.00. The second kappa shape index (κ2) is 8.14. The summed E-state index contributed by atoms with van der Waals surface area (Å²) in [5.74, 6) is 0.100. The van der Waals surface area contributed by atoms with Crippen molar-refractivity contribution in [1.29, 1.82) is 0 Å². The zero-order valence-corrected chi connectivity index (χ0v) is 15.7. The van der Waals surface area contributed by atoms with Crippen LogP contribution < -0.4 is 5.32 Å². The highest BCUT2D eigenvalue weighted by Crippen LogP contribution is 2.14. The van der Waals surface area contributed by atoms with Gasteiger partial charge in [0.1, 0.15) is 5.60 Å². The van der Waals surface area contributed by atoms with Gasteiger partial charge in [0, 0.05) is 4.48 Å². The fourth-order valence-electron chi connectivity index (χ4n) is 1.25. The van der Waals surface area contributed by atoms with Gasteiger partial charge in [-0.25, -0.2) is 4.79 Å². The quantitative estimate of drug-likeness (QED) is 0.710. The van der Waals surface area contributed by atoms with E-state index in [4.69, 9.17) is 4.74 Å². The molecule has 0 spiro atoms. The van der Waals surface area contributed by atoms with Gasteiger partial charge in [-0.05, 0) is 32.8 Å². The maximum Gasteiger partial charge on any atom is 0.408 e. The summed E-state index contributed by atoms with van der Waals surface area (Å²) in [5.41, 5.74) is -0.577. The van der Waals surface area contributed by atoms with Crippen LogP contribution in [0.2, 0.25) is 0 Å². The topological polar surface area (TPSA) is 81.7 Å². The first-order chi connectivity index (χ1) is 9.30. The number of alkyl carbamates (subject to hydrolysis) is 1. The molecule has 0 aromatic carbocycles. The van der Waals surface area contributed by atoms with E-state index in [9.17, 15) is 13.2 Å². The predicted molar refractivity (Wildman–Crippen MR) is 85.8 cm³/mol. The van der Waals surface area contributed by atoms with E-state index < -0.39 is 21.8 Å². The average Bonchev–Trinajstić information content (AvgIpc) is 2.21. The Morgan fingerprint density at radius 3 is 2.24 bits per heavy atom.